The maximum absolute atomic E-state index is 11.9. The molecule has 4 N–H and O–H groups in total. The summed E-state index contributed by atoms with van der Waals surface area (Å²) in [4.78, 5) is 11.7. The number of hydrogen-bond donors (Lipinski definition) is 4. The highest BCUT2D eigenvalue weighted by Gasteiger charge is 2.13. The summed E-state index contributed by atoms with van der Waals surface area (Å²) in [7, 11) is -3.59. The Morgan fingerprint density at radius 3 is 2.41 bits per heavy atom. The summed E-state index contributed by atoms with van der Waals surface area (Å²) >= 11 is 0. The fourth-order valence-corrected chi connectivity index (χ4v) is 2.63. The number of benzene rings is 1. The number of sulfonamides is 1. The maximum atomic E-state index is 11.9. The number of urea groups is 1. The molecule has 22 heavy (non-hydrogen) atoms. The van der Waals surface area contributed by atoms with Crippen LogP contribution in [0.5, 0.6) is 0 Å². The summed E-state index contributed by atoms with van der Waals surface area (Å²) in [6, 6.07) is 5.55. The number of carbonyl (C=O) groups is 1. The zero-order chi connectivity index (χ0) is 16.6. The van der Waals surface area contributed by atoms with Gasteiger partial charge < -0.3 is 15.7 Å². The van der Waals surface area contributed by atoms with Crippen LogP contribution in [-0.4, -0.2) is 39.3 Å². The molecule has 8 heteroatoms. The standard InChI is InChI=1S/C14H23N3O4S/c1-11(2)10-15-14(19)17-12-4-6-13(7-5-12)22(20,21)16-8-3-9-18/h4-7,11,16,18H,3,8-10H2,1-2H3,(H2,15,17,19). The molecule has 0 heterocycles. The Kier molecular flexibility index (Phi) is 7.30. The third-order valence-electron chi connectivity index (χ3n) is 2.72. The fourth-order valence-electron chi connectivity index (χ4n) is 1.56. The van der Waals surface area contributed by atoms with E-state index in [1.54, 1.807) is 0 Å². The number of anilines is 1. The highest BCUT2D eigenvalue weighted by atomic mass is 32.2. The van der Waals surface area contributed by atoms with E-state index >= 15 is 0 Å². The van der Waals surface area contributed by atoms with Crippen LogP contribution in [0.2, 0.25) is 0 Å². The second-order valence-electron chi connectivity index (χ2n) is 5.23. The van der Waals surface area contributed by atoms with Crippen molar-refractivity contribution in [1.29, 1.82) is 0 Å². The Morgan fingerprint density at radius 1 is 1.23 bits per heavy atom. The van der Waals surface area contributed by atoms with Crippen LogP contribution in [-0.2, 0) is 10.0 Å². The molecule has 0 aromatic heterocycles. The van der Waals surface area contributed by atoms with Crippen molar-refractivity contribution in [2.75, 3.05) is 25.0 Å². The molecule has 1 aromatic carbocycles. The predicted molar refractivity (Wildman–Crippen MR) is 85.2 cm³/mol. The molecule has 1 rings (SSSR count). The van der Waals surface area contributed by atoms with Crippen LogP contribution in [0.25, 0.3) is 0 Å². The van der Waals surface area contributed by atoms with Crippen LogP contribution in [0, 0.1) is 5.92 Å². The van der Waals surface area contributed by atoms with E-state index in [2.05, 4.69) is 15.4 Å². The van der Waals surface area contributed by atoms with Crippen LogP contribution in [0.15, 0.2) is 29.2 Å². The van der Waals surface area contributed by atoms with Gasteiger partial charge in [-0.05, 0) is 36.6 Å². The molecule has 0 aliphatic heterocycles. The van der Waals surface area contributed by atoms with Crippen molar-refractivity contribution in [2.24, 2.45) is 5.92 Å². The predicted octanol–water partition coefficient (Wildman–Crippen LogP) is 1.12. The minimum Gasteiger partial charge on any atom is -0.396 e. The van der Waals surface area contributed by atoms with Gasteiger partial charge in [-0.3, -0.25) is 0 Å². The SMILES string of the molecule is CC(C)CNC(=O)Nc1ccc(S(=O)(=O)NCCCO)cc1. The molecule has 0 aliphatic carbocycles. The number of aliphatic hydroxyl groups is 1. The average Bonchev–Trinajstić information content (AvgIpc) is 2.46. The Morgan fingerprint density at radius 2 is 1.86 bits per heavy atom. The lowest BCUT2D eigenvalue weighted by Crippen LogP contribution is -2.31. The quantitative estimate of drug-likeness (QED) is 0.536. The minimum atomic E-state index is -3.59. The minimum absolute atomic E-state index is 0.0726. The van der Waals surface area contributed by atoms with E-state index in [0.29, 0.717) is 24.6 Å². The van der Waals surface area contributed by atoms with Crippen LogP contribution >= 0.6 is 0 Å². The summed E-state index contributed by atoms with van der Waals surface area (Å²) in [6.45, 7) is 4.65. The van der Waals surface area contributed by atoms with Crippen molar-refractivity contribution < 1.29 is 18.3 Å². The van der Waals surface area contributed by atoms with Gasteiger partial charge in [-0.25, -0.2) is 17.9 Å². The van der Waals surface area contributed by atoms with Gasteiger partial charge in [0.05, 0.1) is 4.90 Å². The molecule has 0 unspecified atom stereocenters. The van der Waals surface area contributed by atoms with Gasteiger partial charge in [0.15, 0.2) is 0 Å². The molecule has 0 spiro atoms. The van der Waals surface area contributed by atoms with E-state index in [1.165, 1.54) is 24.3 Å². The Balaban J connectivity index is 2.60. The Labute approximate surface area is 131 Å². The van der Waals surface area contributed by atoms with Gasteiger partial charge in [0, 0.05) is 25.4 Å². The molecule has 1 aromatic rings. The molecular weight excluding hydrogens is 306 g/mol. The normalized spacial score (nSPS) is 11.5. The molecule has 0 bridgehead atoms. The molecule has 0 saturated carbocycles. The van der Waals surface area contributed by atoms with E-state index in [9.17, 15) is 13.2 Å². The number of carbonyl (C=O) groups excluding carboxylic acids is 1. The third kappa shape index (κ3) is 6.42. The van der Waals surface area contributed by atoms with Crippen molar-refractivity contribution in [1.82, 2.24) is 10.0 Å². The molecule has 0 atom stereocenters. The van der Waals surface area contributed by atoms with Gasteiger partial charge in [0.25, 0.3) is 0 Å². The van der Waals surface area contributed by atoms with E-state index in [4.69, 9.17) is 5.11 Å². The van der Waals surface area contributed by atoms with Crippen molar-refractivity contribution in [3.8, 4) is 0 Å². The first-order valence-corrected chi connectivity index (χ1v) is 8.59. The highest BCUT2D eigenvalue weighted by molar-refractivity contribution is 7.89. The second-order valence-corrected chi connectivity index (χ2v) is 7.00. The van der Waals surface area contributed by atoms with Gasteiger partial charge in [-0.2, -0.15) is 0 Å². The van der Waals surface area contributed by atoms with E-state index < -0.39 is 10.0 Å². The van der Waals surface area contributed by atoms with Crippen LogP contribution in [0.1, 0.15) is 20.3 Å². The number of hydrogen-bond acceptors (Lipinski definition) is 4. The Hall–Kier alpha value is -1.64. The molecule has 0 aliphatic rings. The first-order chi connectivity index (χ1) is 10.3. The van der Waals surface area contributed by atoms with Crippen molar-refractivity contribution in [2.45, 2.75) is 25.2 Å². The van der Waals surface area contributed by atoms with E-state index in [1.807, 2.05) is 13.8 Å². The lowest BCUT2D eigenvalue weighted by molar-refractivity contribution is 0.251. The van der Waals surface area contributed by atoms with E-state index in [-0.39, 0.29) is 24.1 Å². The zero-order valence-corrected chi connectivity index (χ0v) is 13.6. The first kappa shape index (κ1) is 18.4. The fraction of sp³-hybridized carbons (Fsp3) is 0.500. The molecule has 7 nitrogen and oxygen atoms in total. The number of aliphatic hydroxyl groups excluding tert-OH is 1. The van der Waals surface area contributed by atoms with Gasteiger partial charge >= 0.3 is 6.03 Å². The summed E-state index contributed by atoms with van der Waals surface area (Å²) in [5.41, 5.74) is 0.510. The van der Waals surface area contributed by atoms with Gasteiger partial charge in [-0.1, -0.05) is 13.8 Å². The molecule has 2 amide bonds. The van der Waals surface area contributed by atoms with Gasteiger partial charge in [0.2, 0.25) is 10.0 Å². The van der Waals surface area contributed by atoms with Crippen molar-refractivity contribution in [3.63, 3.8) is 0 Å². The monoisotopic (exact) mass is 329 g/mol. The lowest BCUT2D eigenvalue weighted by atomic mass is 10.2. The molecule has 0 fully saturated rings. The van der Waals surface area contributed by atoms with E-state index in [0.717, 1.165) is 0 Å². The number of amides is 2. The summed E-state index contributed by atoms with van der Waals surface area (Å²) in [5.74, 6) is 0.350. The topological polar surface area (TPSA) is 108 Å². The molecule has 0 saturated heterocycles. The second kappa shape index (κ2) is 8.72. The average molecular weight is 329 g/mol. The summed E-state index contributed by atoms with van der Waals surface area (Å²) in [6.07, 6.45) is 0.356. The van der Waals surface area contributed by atoms with Crippen LogP contribution in [0.3, 0.4) is 0 Å². The molecule has 0 radical (unpaired) electrons. The third-order valence-corrected chi connectivity index (χ3v) is 4.20. The summed E-state index contributed by atoms with van der Waals surface area (Å²) in [5, 5.41) is 14.0. The summed E-state index contributed by atoms with van der Waals surface area (Å²) < 4.78 is 26.2. The van der Waals surface area contributed by atoms with Crippen LogP contribution in [0.4, 0.5) is 10.5 Å². The number of nitrogens with one attached hydrogen (secondary N) is 3. The number of rotatable bonds is 8. The van der Waals surface area contributed by atoms with Gasteiger partial charge in [0.1, 0.15) is 0 Å². The first-order valence-electron chi connectivity index (χ1n) is 7.10. The zero-order valence-electron chi connectivity index (χ0n) is 12.8. The molecular formula is C14H23N3O4S. The van der Waals surface area contributed by atoms with Crippen LogP contribution < -0.4 is 15.4 Å². The van der Waals surface area contributed by atoms with Gasteiger partial charge in [-0.15, -0.1) is 0 Å². The van der Waals surface area contributed by atoms with Crippen molar-refractivity contribution in [3.05, 3.63) is 24.3 Å². The Bertz CT molecular complexity index is 570. The molecule has 124 valence electrons. The van der Waals surface area contributed by atoms with Crippen molar-refractivity contribution >= 4 is 21.7 Å². The maximum Gasteiger partial charge on any atom is 0.319 e. The highest BCUT2D eigenvalue weighted by Crippen LogP contribution is 2.13. The smallest absolute Gasteiger partial charge is 0.319 e. The lowest BCUT2D eigenvalue weighted by Gasteiger charge is -2.10. The largest absolute Gasteiger partial charge is 0.396 e.